The van der Waals surface area contributed by atoms with Gasteiger partial charge in [0.05, 0.1) is 25.4 Å². The predicted octanol–water partition coefficient (Wildman–Crippen LogP) is 0.451. The largest absolute Gasteiger partial charge is 0.463 e. The number of carbonyl (C=O) groups is 3. The Kier molecular flexibility index (Phi) is 7.00. The van der Waals surface area contributed by atoms with Crippen molar-refractivity contribution in [3.8, 4) is 0 Å². The third-order valence-electron chi connectivity index (χ3n) is 2.43. The first kappa shape index (κ1) is 16.4. The van der Waals surface area contributed by atoms with Crippen LogP contribution in [0.3, 0.4) is 0 Å². The van der Waals surface area contributed by atoms with Crippen LogP contribution in [0.1, 0.15) is 26.7 Å². The van der Waals surface area contributed by atoms with Crippen molar-refractivity contribution in [2.24, 2.45) is 5.92 Å². The molecule has 0 aromatic heterocycles. The summed E-state index contributed by atoms with van der Waals surface area (Å²) in [5, 5.41) is 0. The van der Waals surface area contributed by atoms with Gasteiger partial charge in [-0.2, -0.15) is 0 Å². The van der Waals surface area contributed by atoms with Gasteiger partial charge in [-0.15, -0.1) is 0 Å². The van der Waals surface area contributed by atoms with E-state index in [-0.39, 0.29) is 50.7 Å². The van der Waals surface area contributed by atoms with Crippen LogP contribution in [-0.2, 0) is 33.3 Å². The summed E-state index contributed by atoms with van der Waals surface area (Å²) in [5.74, 6) is -1.53. The molecule has 0 saturated carbocycles. The van der Waals surface area contributed by atoms with Crippen molar-refractivity contribution in [2.75, 3.05) is 26.4 Å². The van der Waals surface area contributed by atoms with Gasteiger partial charge in [-0.3, -0.25) is 14.4 Å². The molecule has 114 valence electrons. The van der Waals surface area contributed by atoms with Crippen LogP contribution in [0.15, 0.2) is 0 Å². The van der Waals surface area contributed by atoms with Crippen molar-refractivity contribution < 1.29 is 33.3 Å². The van der Waals surface area contributed by atoms with E-state index in [0.29, 0.717) is 6.61 Å². The van der Waals surface area contributed by atoms with Crippen molar-refractivity contribution >= 4 is 17.9 Å². The number of hydrogen-bond donors (Lipinski definition) is 0. The lowest BCUT2D eigenvalue weighted by Crippen LogP contribution is -2.18. The lowest BCUT2D eigenvalue weighted by atomic mass is 10.2. The summed E-state index contributed by atoms with van der Waals surface area (Å²) in [6.45, 7) is 4.29. The average Bonchev–Trinajstić information content (AvgIpc) is 3.22. The Labute approximate surface area is 117 Å². The summed E-state index contributed by atoms with van der Waals surface area (Å²) >= 11 is 0. The average molecular weight is 288 g/mol. The van der Waals surface area contributed by atoms with Gasteiger partial charge < -0.3 is 18.9 Å². The molecule has 0 aliphatic carbocycles. The van der Waals surface area contributed by atoms with Crippen LogP contribution in [0.25, 0.3) is 0 Å². The molecular weight excluding hydrogens is 268 g/mol. The maximum atomic E-state index is 11.3. The molecule has 1 fully saturated rings. The summed E-state index contributed by atoms with van der Waals surface area (Å²) in [7, 11) is 0. The van der Waals surface area contributed by atoms with Crippen molar-refractivity contribution in [3.05, 3.63) is 0 Å². The minimum absolute atomic E-state index is 0.0117. The van der Waals surface area contributed by atoms with Gasteiger partial charge in [-0.05, 0) is 0 Å². The first-order chi connectivity index (χ1) is 9.49. The second-order valence-corrected chi connectivity index (χ2v) is 4.68. The second kappa shape index (κ2) is 8.52. The molecule has 1 aliphatic rings. The van der Waals surface area contributed by atoms with Crippen LogP contribution in [0.5, 0.6) is 0 Å². The van der Waals surface area contributed by atoms with E-state index in [4.69, 9.17) is 18.9 Å². The van der Waals surface area contributed by atoms with Crippen LogP contribution >= 0.6 is 0 Å². The minimum atomic E-state index is -0.523. The first-order valence-electron chi connectivity index (χ1n) is 6.58. The summed E-state index contributed by atoms with van der Waals surface area (Å²) in [4.78, 5) is 33.6. The zero-order valence-electron chi connectivity index (χ0n) is 11.8. The monoisotopic (exact) mass is 288 g/mol. The highest BCUT2D eigenvalue weighted by Crippen LogP contribution is 2.09. The fourth-order valence-electron chi connectivity index (χ4n) is 1.16. The van der Waals surface area contributed by atoms with E-state index in [2.05, 4.69) is 0 Å². The second-order valence-electron chi connectivity index (χ2n) is 4.68. The lowest BCUT2D eigenvalue weighted by molar-refractivity contribution is -0.155. The summed E-state index contributed by atoms with van der Waals surface area (Å²) in [6.07, 6.45) is -0.0682. The standard InChI is InChI=1S/C13H20O7/c1-9(2)13(16)18-6-5-17-11(14)3-4-12(15)20-8-10-7-19-10/h9-10H,3-8H2,1-2H3. The highest BCUT2D eigenvalue weighted by Gasteiger charge is 2.24. The molecule has 0 amide bonds. The number of ether oxygens (including phenoxy) is 4. The van der Waals surface area contributed by atoms with Gasteiger partial charge in [0, 0.05) is 0 Å². The molecule has 1 rings (SSSR count). The molecule has 1 heterocycles. The molecule has 1 aliphatic heterocycles. The molecule has 7 nitrogen and oxygen atoms in total. The van der Waals surface area contributed by atoms with Gasteiger partial charge in [0.1, 0.15) is 25.9 Å². The van der Waals surface area contributed by atoms with E-state index < -0.39 is 11.9 Å². The molecule has 0 N–H and O–H groups in total. The zero-order chi connectivity index (χ0) is 15.0. The number of esters is 3. The molecule has 0 aromatic rings. The molecule has 0 radical (unpaired) electrons. The molecule has 1 unspecified atom stereocenters. The number of carbonyl (C=O) groups excluding carboxylic acids is 3. The quantitative estimate of drug-likeness (QED) is 0.263. The zero-order valence-corrected chi connectivity index (χ0v) is 11.8. The van der Waals surface area contributed by atoms with Crippen LogP contribution in [0.2, 0.25) is 0 Å². The van der Waals surface area contributed by atoms with E-state index in [1.807, 2.05) is 0 Å². The number of hydrogen-bond acceptors (Lipinski definition) is 7. The molecule has 0 bridgehead atoms. The first-order valence-corrected chi connectivity index (χ1v) is 6.58. The van der Waals surface area contributed by atoms with E-state index in [0.717, 1.165) is 0 Å². The van der Waals surface area contributed by atoms with E-state index in [1.165, 1.54) is 0 Å². The fourth-order valence-corrected chi connectivity index (χ4v) is 1.16. The molecule has 0 spiro atoms. The highest BCUT2D eigenvalue weighted by atomic mass is 16.6. The summed E-state index contributed by atoms with van der Waals surface area (Å²) in [5.41, 5.74) is 0. The third kappa shape index (κ3) is 7.73. The van der Waals surface area contributed by atoms with Gasteiger partial charge in [0.25, 0.3) is 0 Å². The predicted molar refractivity (Wildman–Crippen MR) is 66.7 cm³/mol. The van der Waals surface area contributed by atoms with Gasteiger partial charge in [-0.1, -0.05) is 13.8 Å². The molecule has 1 atom stereocenters. The Bertz CT molecular complexity index is 347. The maximum Gasteiger partial charge on any atom is 0.308 e. The van der Waals surface area contributed by atoms with Crippen LogP contribution < -0.4 is 0 Å². The summed E-state index contributed by atoms with van der Waals surface area (Å²) in [6, 6.07) is 0. The molecule has 1 saturated heterocycles. The molecule has 7 heteroatoms. The van der Waals surface area contributed by atoms with Gasteiger partial charge >= 0.3 is 17.9 Å². The fraction of sp³-hybridized carbons (Fsp3) is 0.769. The molecule has 0 aromatic carbocycles. The van der Waals surface area contributed by atoms with Crippen molar-refractivity contribution in [1.29, 1.82) is 0 Å². The minimum Gasteiger partial charge on any atom is -0.463 e. The molecular formula is C13H20O7. The van der Waals surface area contributed by atoms with Gasteiger partial charge in [0.15, 0.2) is 0 Å². The van der Waals surface area contributed by atoms with Gasteiger partial charge in [0.2, 0.25) is 0 Å². The lowest BCUT2D eigenvalue weighted by Gasteiger charge is -2.08. The van der Waals surface area contributed by atoms with Gasteiger partial charge in [-0.25, -0.2) is 0 Å². The number of rotatable bonds is 9. The Balaban J connectivity index is 1.96. The highest BCUT2D eigenvalue weighted by molar-refractivity contribution is 5.77. The van der Waals surface area contributed by atoms with E-state index >= 15 is 0 Å². The molecule has 20 heavy (non-hydrogen) atoms. The van der Waals surface area contributed by atoms with E-state index in [1.54, 1.807) is 13.8 Å². The Morgan fingerprint density at radius 1 is 1.05 bits per heavy atom. The maximum absolute atomic E-state index is 11.3. The Morgan fingerprint density at radius 3 is 2.15 bits per heavy atom. The van der Waals surface area contributed by atoms with Crippen molar-refractivity contribution in [3.63, 3.8) is 0 Å². The Hall–Kier alpha value is -1.63. The van der Waals surface area contributed by atoms with Crippen molar-refractivity contribution in [2.45, 2.75) is 32.8 Å². The summed E-state index contributed by atoms with van der Waals surface area (Å²) < 4.78 is 19.4. The SMILES string of the molecule is CC(C)C(=O)OCCOC(=O)CCC(=O)OCC1CO1. The van der Waals surface area contributed by atoms with Crippen molar-refractivity contribution in [1.82, 2.24) is 0 Å². The normalized spacial score (nSPS) is 16.6. The van der Waals surface area contributed by atoms with Crippen LogP contribution in [0.4, 0.5) is 0 Å². The Morgan fingerprint density at radius 2 is 1.60 bits per heavy atom. The third-order valence-corrected chi connectivity index (χ3v) is 2.43. The van der Waals surface area contributed by atoms with E-state index in [9.17, 15) is 14.4 Å². The topological polar surface area (TPSA) is 91.4 Å². The van der Waals surface area contributed by atoms with Crippen LogP contribution in [-0.4, -0.2) is 50.4 Å². The smallest absolute Gasteiger partial charge is 0.308 e. The number of epoxide rings is 1. The van der Waals surface area contributed by atoms with Crippen LogP contribution in [0, 0.1) is 5.92 Å².